The van der Waals surface area contributed by atoms with Crippen LogP contribution in [0.1, 0.15) is 24.3 Å². The standard InChI is InChI=1S/C15H15FN2S/c1-10(2)18-9-11-3-5-13(14(16)7-11)15-6-4-12(8-17)19-15/h3-7,10,18H,9H2,1-2H3. The van der Waals surface area contributed by atoms with Gasteiger partial charge in [-0.2, -0.15) is 5.26 Å². The topological polar surface area (TPSA) is 35.8 Å². The number of nitrogens with zero attached hydrogens (tertiary/aromatic N) is 1. The SMILES string of the molecule is CC(C)NCc1ccc(-c2ccc(C#N)s2)c(F)c1. The Kier molecular flexibility index (Phi) is 4.31. The van der Waals surface area contributed by atoms with Crippen LogP contribution in [-0.4, -0.2) is 6.04 Å². The number of nitrogens with one attached hydrogen (secondary N) is 1. The number of nitriles is 1. The van der Waals surface area contributed by atoms with Crippen molar-refractivity contribution < 1.29 is 4.39 Å². The van der Waals surface area contributed by atoms with Crippen molar-refractivity contribution >= 4 is 11.3 Å². The second-order valence-electron chi connectivity index (χ2n) is 4.63. The summed E-state index contributed by atoms with van der Waals surface area (Å²) in [6.45, 7) is 4.77. The Balaban J connectivity index is 2.22. The molecule has 1 aromatic carbocycles. The van der Waals surface area contributed by atoms with Gasteiger partial charge in [0, 0.05) is 23.0 Å². The summed E-state index contributed by atoms with van der Waals surface area (Å²) in [5.74, 6) is -0.241. The molecule has 19 heavy (non-hydrogen) atoms. The Hall–Kier alpha value is -1.70. The van der Waals surface area contributed by atoms with Gasteiger partial charge in [-0.25, -0.2) is 4.39 Å². The van der Waals surface area contributed by atoms with E-state index < -0.39 is 0 Å². The third kappa shape index (κ3) is 3.40. The highest BCUT2D eigenvalue weighted by molar-refractivity contribution is 7.16. The number of benzene rings is 1. The first-order chi connectivity index (χ1) is 9.10. The number of hydrogen-bond acceptors (Lipinski definition) is 3. The lowest BCUT2D eigenvalue weighted by atomic mass is 10.1. The second-order valence-corrected chi connectivity index (χ2v) is 5.71. The average molecular weight is 274 g/mol. The minimum absolute atomic E-state index is 0.241. The first-order valence-electron chi connectivity index (χ1n) is 6.12. The molecule has 0 aliphatic rings. The van der Waals surface area contributed by atoms with E-state index in [1.165, 1.54) is 11.3 Å². The van der Waals surface area contributed by atoms with E-state index in [0.717, 1.165) is 10.4 Å². The summed E-state index contributed by atoms with van der Waals surface area (Å²) in [5, 5.41) is 12.0. The van der Waals surface area contributed by atoms with E-state index in [9.17, 15) is 4.39 Å². The van der Waals surface area contributed by atoms with Crippen molar-refractivity contribution in [3.05, 3.63) is 46.6 Å². The quantitative estimate of drug-likeness (QED) is 0.917. The lowest BCUT2D eigenvalue weighted by molar-refractivity contribution is 0.582. The molecule has 98 valence electrons. The Morgan fingerprint density at radius 1 is 1.32 bits per heavy atom. The van der Waals surface area contributed by atoms with Gasteiger partial charge in [0.15, 0.2) is 0 Å². The fraction of sp³-hybridized carbons (Fsp3) is 0.267. The van der Waals surface area contributed by atoms with Crippen LogP contribution in [-0.2, 0) is 6.54 Å². The van der Waals surface area contributed by atoms with Crippen molar-refractivity contribution in [3.63, 3.8) is 0 Å². The van der Waals surface area contributed by atoms with Crippen molar-refractivity contribution in [1.82, 2.24) is 5.32 Å². The maximum absolute atomic E-state index is 14.1. The first-order valence-corrected chi connectivity index (χ1v) is 6.94. The minimum atomic E-state index is -0.241. The van der Waals surface area contributed by atoms with Gasteiger partial charge in [-0.3, -0.25) is 0 Å². The first kappa shape index (κ1) is 13.7. The van der Waals surface area contributed by atoms with Crippen LogP contribution in [0, 0.1) is 17.1 Å². The molecule has 0 radical (unpaired) electrons. The average Bonchev–Trinajstić information content (AvgIpc) is 2.85. The predicted octanol–water partition coefficient (Wildman–Crippen LogP) is 3.92. The molecule has 0 spiro atoms. The van der Waals surface area contributed by atoms with E-state index in [4.69, 9.17) is 5.26 Å². The summed E-state index contributed by atoms with van der Waals surface area (Å²) in [6.07, 6.45) is 0. The highest BCUT2D eigenvalue weighted by Gasteiger charge is 2.09. The summed E-state index contributed by atoms with van der Waals surface area (Å²) in [4.78, 5) is 1.39. The van der Waals surface area contributed by atoms with E-state index in [-0.39, 0.29) is 5.82 Å². The predicted molar refractivity (Wildman–Crippen MR) is 76.4 cm³/mol. The molecule has 0 aliphatic heterocycles. The lowest BCUT2D eigenvalue weighted by Gasteiger charge is -2.09. The van der Waals surface area contributed by atoms with E-state index in [1.54, 1.807) is 24.3 Å². The molecule has 0 saturated carbocycles. The molecule has 0 bridgehead atoms. The van der Waals surface area contributed by atoms with Gasteiger partial charge in [-0.05, 0) is 23.8 Å². The molecule has 0 unspecified atom stereocenters. The molecule has 2 aromatic rings. The zero-order valence-electron chi connectivity index (χ0n) is 10.9. The van der Waals surface area contributed by atoms with E-state index in [2.05, 4.69) is 25.2 Å². The van der Waals surface area contributed by atoms with Crippen LogP contribution < -0.4 is 5.32 Å². The van der Waals surface area contributed by atoms with Crippen LogP contribution in [0.3, 0.4) is 0 Å². The molecular weight excluding hydrogens is 259 g/mol. The van der Waals surface area contributed by atoms with Gasteiger partial charge in [0.25, 0.3) is 0 Å². The molecule has 0 atom stereocenters. The van der Waals surface area contributed by atoms with Gasteiger partial charge < -0.3 is 5.32 Å². The van der Waals surface area contributed by atoms with Crippen LogP contribution in [0.2, 0.25) is 0 Å². The third-order valence-electron chi connectivity index (χ3n) is 2.73. The zero-order valence-corrected chi connectivity index (χ0v) is 11.7. The van der Waals surface area contributed by atoms with E-state index >= 15 is 0 Å². The molecular formula is C15H15FN2S. The van der Waals surface area contributed by atoms with Crippen LogP contribution in [0.4, 0.5) is 4.39 Å². The van der Waals surface area contributed by atoms with Crippen LogP contribution in [0.15, 0.2) is 30.3 Å². The number of halogens is 1. The Morgan fingerprint density at radius 3 is 2.68 bits per heavy atom. The lowest BCUT2D eigenvalue weighted by Crippen LogP contribution is -2.21. The smallest absolute Gasteiger partial charge is 0.132 e. The fourth-order valence-electron chi connectivity index (χ4n) is 1.73. The summed E-state index contributed by atoms with van der Waals surface area (Å²) in [7, 11) is 0. The molecule has 2 nitrogen and oxygen atoms in total. The largest absolute Gasteiger partial charge is 0.310 e. The Morgan fingerprint density at radius 2 is 2.11 bits per heavy atom. The molecule has 2 rings (SSSR count). The highest BCUT2D eigenvalue weighted by Crippen LogP contribution is 2.30. The minimum Gasteiger partial charge on any atom is -0.310 e. The van der Waals surface area contributed by atoms with Crippen molar-refractivity contribution in [3.8, 4) is 16.5 Å². The Bertz CT molecular complexity index is 611. The second kappa shape index (κ2) is 5.96. The molecule has 0 aliphatic carbocycles. The van der Waals surface area contributed by atoms with Gasteiger partial charge in [0.2, 0.25) is 0 Å². The van der Waals surface area contributed by atoms with Crippen LogP contribution in [0.25, 0.3) is 10.4 Å². The van der Waals surface area contributed by atoms with Gasteiger partial charge in [-0.1, -0.05) is 26.0 Å². The van der Waals surface area contributed by atoms with Crippen LogP contribution in [0.5, 0.6) is 0 Å². The van der Waals surface area contributed by atoms with Gasteiger partial charge in [0.05, 0.1) is 0 Å². The molecule has 4 heteroatoms. The summed E-state index contributed by atoms with van der Waals surface area (Å²) < 4.78 is 14.1. The Labute approximate surface area is 116 Å². The number of thiophene rings is 1. The van der Waals surface area contributed by atoms with E-state index in [1.807, 2.05) is 6.07 Å². The highest BCUT2D eigenvalue weighted by atomic mass is 32.1. The van der Waals surface area contributed by atoms with Crippen molar-refractivity contribution in [2.75, 3.05) is 0 Å². The fourth-order valence-corrected chi connectivity index (χ4v) is 2.56. The molecule has 1 aromatic heterocycles. The maximum atomic E-state index is 14.1. The molecule has 0 saturated heterocycles. The van der Waals surface area contributed by atoms with Gasteiger partial charge in [-0.15, -0.1) is 11.3 Å². The van der Waals surface area contributed by atoms with Crippen molar-refractivity contribution in [1.29, 1.82) is 5.26 Å². The molecule has 1 N–H and O–H groups in total. The van der Waals surface area contributed by atoms with Crippen molar-refractivity contribution in [2.45, 2.75) is 26.4 Å². The summed E-state index contributed by atoms with van der Waals surface area (Å²) in [5.41, 5.74) is 1.48. The maximum Gasteiger partial charge on any atom is 0.132 e. The summed E-state index contributed by atoms with van der Waals surface area (Å²) in [6, 6.07) is 11.2. The molecule has 0 fully saturated rings. The number of hydrogen-bond donors (Lipinski definition) is 1. The zero-order chi connectivity index (χ0) is 13.8. The van der Waals surface area contributed by atoms with Gasteiger partial charge in [0.1, 0.15) is 16.8 Å². The third-order valence-corrected chi connectivity index (χ3v) is 3.75. The summed E-state index contributed by atoms with van der Waals surface area (Å²) >= 11 is 1.31. The number of rotatable bonds is 4. The van der Waals surface area contributed by atoms with Crippen LogP contribution >= 0.6 is 11.3 Å². The van der Waals surface area contributed by atoms with E-state index in [0.29, 0.717) is 23.0 Å². The normalized spacial score (nSPS) is 10.7. The monoisotopic (exact) mass is 274 g/mol. The van der Waals surface area contributed by atoms with Gasteiger partial charge >= 0.3 is 0 Å². The molecule has 0 amide bonds. The van der Waals surface area contributed by atoms with Crippen molar-refractivity contribution in [2.24, 2.45) is 0 Å². The molecule has 1 heterocycles.